The average Bonchev–Trinajstić information content (AvgIpc) is 2.61. The van der Waals surface area contributed by atoms with Gasteiger partial charge in [0.05, 0.1) is 0 Å². The molecule has 1 aromatic carbocycles. The van der Waals surface area contributed by atoms with Gasteiger partial charge in [-0.15, -0.1) is 0 Å². The molecule has 0 spiro atoms. The number of benzene rings is 1. The number of nitrogens with two attached hydrogens (primary N) is 1. The van der Waals surface area contributed by atoms with Gasteiger partial charge in [0.1, 0.15) is 0 Å². The van der Waals surface area contributed by atoms with Gasteiger partial charge in [0, 0.05) is 24.3 Å². The van der Waals surface area contributed by atoms with E-state index in [-0.39, 0.29) is 5.91 Å². The molecule has 1 aliphatic heterocycles. The highest BCUT2D eigenvalue weighted by Gasteiger charge is 2.28. The van der Waals surface area contributed by atoms with E-state index in [4.69, 9.17) is 5.73 Å². The van der Waals surface area contributed by atoms with Crippen molar-refractivity contribution in [3.05, 3.63) is 29.3 Å². The zero-order chi connectivity index (χ0) is 15.6. The molecular formula is C18H28N2O. The third-order valence-corrected chi connectivity index (χ3v) is 4.59. The number of hydrogen-bond acceptors (Lipinski definition) is 2. The van der Waals surface area contributed by atoms with Gasteiger partial charge in [-0.2, -0.15) is 0 Å². The van der Waals surface area contributed by atoms with E-state index in [9.17, 15) is 4.79 Å². The highest BCUT2D eigenvalue weighted by Crippen LogP contribution is 2.34. The first-order valence-electron chi connectivity index (χ1n) is 7.94. The Kier molecular flexibility index (Phi) is 4.60. The first-order valence-corrected chi connectivity index (χ1v) is 7.94. The van der Waals surface area contributed by atoms with Crippen molar-refractivity contribution in [3.63, 3.8) is 0 Å². The van der Waals surface area contributed by atoms with E-state index < -0.39 is 0 Å². The molecule has 0 saturated carbocycles. The van der Waals surface area contributed by atoms with Gasteiger partial charge in [0.15, 0.2) is 0 Å². The zero-order valence-corrected chi connectivity index (χ0v) is 13.8. The molecule has 3 nitrogen and oxygen atoms in total. The molecule has 0 bridgehead atoms. The number of nitrogens with zero attached hydrogens (tertiary/aromatic N) is 1. The molecule has 21 heavy (non-hydrogen) atoms. The van der Waals surface area contributed by atoms with Crippen LogP contribution in [0.25, 0.3) is 0 Å². The summed E-state index contributed by atoms with van der Waals surface area (Å²) < 4.78 is 0. The van der Waals surface area contributed by atoms with Gasteiger partial charge in [-0.1, -0.05) is 20.8 Å². The van der Waals surface area contributed by atoms with Crippen molar-refractivity contribution in [2.45, 2.75) is 47.0 Å². The Morgan fingerprint density at radius 2 is 1.90 bits per heavy atom. The van der Waals surface area contributed by atoms with E-state index in [2.05, 4.69) is 20.8 Å². The largest absolute Gasteiger partial charge is 0.399 e. The summed E-state index contributed by atoms with van der Waals surface area (Å²) in [7, 11) is 0. The molecule has 0 radical (unpaired) electrons. The summed E-state index contributed by atoms with van der Waals surface area (Å²) in [4.78, 5) is 14.7. The molecule has 3 heteroatoms. The van der Waals surface area contributed by atoms with Crippen LogP contribution >= 0.6 is 0 Å². The second-order valence-electron chi connectivity index (χ2n) is 7.42. The minimum absolute atomic E-state index is 0.125. The average molecular weight is 288 g/mol. The van der Waals surface area contributed by atoms with Gasteiger partial charge >= 0.3 is 0 Å². The molecule has 1 amide bonds. The normalized spacial score (nSPS) is 20.2. The van der Waals surface area contributed by atoms with Gasteiger partial charge in [-0.3, -0.25) is 4.79 Å². The Bertz CT molecular complexity index is 496. The van der Waals surface area contributed by atoms with Crippen LogP contribution in [0.15, 0.2) is 18.2 Å². The quantitative estimate of drug-likeness (QED) is 0.797. The van der Waals surface area contributed by atoms with Crippen molar-refractivity contribution >= 4 is 11.6 Å². The number of likely N-dealkylation sites (tertiary alicyclic amines) is 1. The van der Waals surface area contributed by atoms with Crippen LogP contribution < -0.4 is 5.73 Å². The fourth-order valence-electron chi connectivity index (χ4n) is 3.28. The van der Waals surface area contributed by atoms with Gasteiger partial charge < -0.3 is 10.6 Å². The lowest BCUT2D eigenvalue weighted by Crippen LogP contribution is -2.32. The molecule has 1 aliphatic rings. The number of anilines is 1. The Morgan fingerprint density at radius 3 is 2.52 bits per heavy atom. The molecule has 2 rings (SSSR count). The number of amides is 1. The van der Waals surface area contributed by atoms with Gasteiger partial charge in [0.25, 0.3) is 5.91 Å². The molecule has 0 aromatic heterocycles. The summed E-state index contributed by atoms with van der Waals surface area (Å²) in [6.07, 6.45) is 3.40. The van der Waals surface area contributed by atoms with Crippen LogP contribution in [0.5, 0.6) is 0 Å². The Hall–Kier alpha value is -1.51. The van der Waals surface area contributed by atoms with Crippen LogP contribution in [0.3, 0.4) is 0 Å². The minimum Gasteiger partial charge on any atom is -0.399 e. The monoisotopic (exact) mass is 288 g/mol. The molecule has 1 aromatic rings. The minimum atomic E-state index is 0.125. The summed E-state index contributed by atoms with van der Waals surface area (Å²) in [5.74, 6) is 0.817. The van der Waals surface area contributed by atoms with Crippen molar-refractivity contribution in [1.29, 1.82) is 0 Å². The van der Waals surface area contributed by atoms with Crippen molar-refractivity contribution in [3.8, 4) is 0 Å². The second kappa shape index (κ2) is 6.08. The third kappa shape index (κ3) is 3.99. The highest BCUT2D eigenvalue weighted by molar-refractivity contribution is 5.95. The van der Waals surface area contributed by atoms with E-state index in [0.717, 1.165) is 37.1 Å². The predicted molar refractivity (Wildman–Crippen MR) is 88.3 cm³/mol. The van der Waals surface area contributed by atoms with Crippen LogP contribution in [-0.4, -0.2) is 23.9 Å². The molecule has 116 valence electrons. The lowest BCUT2D eigenvalue weighted by atomic mass is 9.77. The van der Waals surface area contributed by atoms with Crippen LogP contribution in [0, 0.1) is 18.3 Å². The maximum atomic E-state index is 12.7. The molecule has 1 unspecified atom stereocenters. The number of carbonyl (C=O) groups excluding carboxylic acids is 1. The fraction of sp³-hybridized carbons (Fsp3) is 0.611. The van der Waals surface area contributed by atoms with E-state index >= 15 is 0 Å². The Balaban J connectivity index is 2.10. The molecule has 1 saturated heterocycles. The van der Waals surface area contributed by atoms with E-state index in [1.54, 1.807) is 6.07 Å². The number of rotatable bonds is 1. The lowest BCUT2D eigenvalue weighted by molar-refractivity contribution is 0.0755. The first-order chi connectivity index (χ1) is 9.77. The number of nitrogen functional groups attached to an aromatic ring is 1. The number of carbonyl (C=O) groups is 1. The molecule has 0 aliphatic carbocycles. The molecule has 2 N–H and O–H groups in total. The second-order valence-corrected chi connectivity index (χ2v) is 7.42. The maximum Gasteiger partial charge on any atom is 0.253 e. The van der Waals surface area contributed by atoms with Crippen molar-refractivity contribution in [1.82, 2.24) is 4.90 Å². The summed E-state index contributed by atoms with van der Waals surface area (Å²) in [6.45, 7) is 10.6. The Labute approximate surface area is 128 Å². The number of aryl methyl sites for hydroxylation is 1. The SMILES string of the molecule is Cc1cc(N)cc(C(=O)N2CCCC(C(C)(C)C)CC2)c1. The smallest absolute Gasteiger partial charge is 0.253 e. The summed E-state index contributed by atoms with van der Waals surface area (Å²) >= 11 is 0. The van der Waals surface area contributed by atoms with E-state index in [1.165, 1.54) is 6.42 Å². The first kappa shape index (κ1) is 15.9. The highest BCUT2D eigenvalue weighted by atomic mass is 16.2. The predicted octanol–water partition coefficient (Wildman–Crippen LogP) is 3.87. The molecule has 1 atom stereocenters. The van der Waals surface area contributed by atoms with Crippen LogP contribution in [-0.2, 0) is 0 Å². The molecule has 1 fully saturated rings. The molecule has 1 heterocycles. The van der Waals surface area contributed by atoms with Crippen LogP contribution in [0.1, 0.15) is 56.0 Å². The summed E-state index contributed by atoms with van der Waals surface area (Å²) in [5, 5.41) is 0. The van der Waals surface area contributed by atoms with Gasteiger partial charge in [0.2, 0.25) is 0 Å². The van der Waals surface area contributed by atoms with E-state index in [1.807, 2.05) is 24.0 Å². The van der Waals surface area contributed by atoms with Crippen LogP contribution in [0.2, 0.25) is 0 Å². The van der Waals surface area contributed by atoms with Crippen molar-refractivity contribution in [2.75, 3.05) is 18.8 Å². The zero-order valence-electron chi connectivity index (χ0n) is 13.8. The maximum absolute atomic E-state index is 12.7. The molecular weight excluding hydrogens is 260 g/mol. The topological polar surface area (TPSA) is 46.3 Å². The van der Waals surface area contributed by atoms with Gasteiger partial charge in [-0.25, -0.2) is 0 Å². The fourth-order valence-corrected chi connectivity index (χ4v) is 3.28. The van der Waals surface area contributed by atoms with Crippen molar-refractivity contribution in [2.24, 2.45) is 11.3 Å². The van der Waals surface area contributed by atoms with E-state index in [0.29, 0.717) is 17.0 Å². The van der Waals surface area contributed by atoms with Gasteiger partial charge in [-0.05, 0) is 61.3 Å². The summed E-state index contributed by atoms with van der Waals surface area (Å²) in [5.41, 5.74) is 8.63. The Morgan fingerprint density at radius 1 is 1.19 bits per heavy atom. The summed E-state index contributed by atoms with van der Waals surface area (Å²) in [6, 6.07) is 5.63. The standard InChI is InChI=1S/C18H28N2O/c1-13-10-14(12-16(19)11-13)17(21)20-8-5-6-15(7-9-20)18(2,3)4/h10-12,15H,5-9,19H2,1-4H3. The van der Waals surface area contributed by atoms with Crippen LogP contribution in [0.4, 0.5) is 5.69 Å². The van der Waals surface area contributed by atoms with Crippen molar-refractivity contribution < 1.29 is 4.79 Å². The third-order valence-electron chi connectivity index (χ3n) is 4.59. The number of hydrogen-bond donors (Lipinski definition) is 1. The lowest BCUT2D eigenvalue weighted by Gasteiger charge is -2.29.